The standard InChI is InChI=1S/C13H26N2.C2H6/c1-5-7-8-13(3)9-11-15(4)12-10-14-6-2;1-2/h5,14H,1,3,6-12H2,2,4H3;1-2H3. The average Bonchev–Trinajstić information content (AvgIpc) is 2.36. The third kappa shape index (κ3) is 15.4. The lowest BCUT2D eigenvalue weighted by atomic mass is 10.1. The molecule has 2 nitrogen and oxygen atoms in total. The van der Waals surface area contributed by atoms with Gasteiger partial charge < -0.3 is 10.2 Å². The summed E-state index contributed by atoms with van der Waals surface area (Å²) in [5.41, 5.74) is 1.34. The van der Waals surface area contributed by atoms with E-state index in [4.69, 9.17) is 0 Å². The Morgan fingerprint density at radius 2 is 1.88 bits per heavy atom. The molecular formula is C15H32N2. The molecule has 0 aliphatic heterocycles. The van der Waals surface area contributed by atoms with Crippen molar-refractivity contribution in [1.29, 1.82) is 0 Å². The SMILES string of the molecule is C=CCCC(=C)CCN(C)CCNCC.CC. The maximum Gasteiger partial charge on any atom is 0.0104 e. The maximum atomic E-state index is 4.07. The second-order valence-electron chi connectivity index (χ2n) is 3.98. The van der Waals surface area contributed by atoms with Gasteiger partial charge >= 0.3 is 0 Å². The van der Waals surface area contributed by atoms with E-state index in [1.54, 1.807) is 0 Å². The summed E-state index contributed by atoms with van der Waals surface area (Å²) in [6.07, 6.45) is 5.21. The number of hydrogen-bond donors (Lipinski definition) is 1. The summed E-state index contributed by atoms with van der Waals surface area (Å²) >= 11 is 0. The molecule has 0 amide bonds. The molecule has 0 fully saturated rings. The van der Waals surface area contributed by atoms with Crippen LogP contribution in [0.25, 0.3) is 0 Å². The fourth-order valence-electron chi connectivity index (χ4n) is 1.34. The molecule has 0 heterocycles. The van der Waals surface area contributed by atoms with Crippen LogP contribution in [-0.2, 0) is 0 Å². The summed E-state index contributed by atoms with van der Waals surface area (Å²) in [5, 5.41) is 3.32. The van der Waals surface area contributed by atoms with E-state index < -0.39 is 0 Å². The minimum absolute atomic E-state index is 1.06. The predicted octanol–water partition coefficient (Wildman–Crippen LogP) is 3.47. The van der Waals surface area contributed by atoms with Crippen LogP contribution >= 0.6 is 0 Å². The minimum atomic E-state index is 1.06. The second kappa shape index (κ2) is 15.4. The molecule has 0 saturated heterocycles. The molecule has 1 N–H and O–H groups in total. The Balaban J connectivity index is 0. The first kappa shape index (κ1) is 18.8. The van der Waals surface area contributed by atoms with Gasteiger partial charge in [-0.2, -0.15) is 0 Å². The van der Waals surface area contributed by atoms with Crippen molar-refractivity contribution in [3.05, 3.63) is 24.8 Å². The van der Waals surface area contributed by atoms with E-state index in [1.807, 2.05) is 19.9 Å². The van der Waals surface area contributed by atoms with Crippen molar-refractivity contribution in [2.24, 2.45) is 0 Å². The summed E-state index contributed by atoms with van der Waals surface area (Å²) in [6, 6.07) is 0. The Hall–Kier alpha value is -0.600. The highest BCUT2D eigenvalue weighted by molar-refractivity contribution is 4.96. The van der Waals surface area contributed by atoms with Gasteiger partial charge in [0.2, 0.25) is 0 Å². The van der Waals surface area contributed by atoms with Gasteiger partial charge in [-0.3, -0.25) is 0 Å². The Bertz CT molecular complexity index is 176. The van der Waals surface area contributed by atoms with Crippen LogP contribution in [0.3, 0.4) is 0 Å². The summed E-state index contributed by atoms with van der Waals surface area (Å²) < 4.78 is 0. The molecule has 0 unspecified atom stereocenters. The van der Waals surface area contributed by atoms with Crippen LogP contribution in [0, 0.1) is 0 Å². The Morgan fingerprint density at radius 1 is 1.24 bits per heavy atom. The van der Waals surface area contributed by atoms with Gasteiger partial charge in [0.05, 0.1) is 0 Å². The zero-order valence-electron chi connectivity index (χ0n) is 12.4. The number of likely N-dealkylation sites (N-methyl/N-ethyl adjacent to an activating group) is 2. The van der Waals surface area contributed by atoms with Gasteiger partial charge in [-0.1, -0.05) is 39.0 Å². The molecule has 102 valence electrons. The smallest absolute Gasteiger partial charge is 0.0104 e. The summed E-state index contributed by atoms with van der Waals surface area (Å²) in [4.78, 5) is 2.35. The highest BCUT2D eigenvalue weighted by Crippen LogP contribution is 2.07. The molecule has 0 saturated carbocycles. The van der Waals surface area contributed by atoms with Gasteiger partial charge in [-0.25, -0.2) is 0 Å². The van der Waals surface area contributed by atoms with Gasteiger partial charge in [0.1, 0.15) is 0 Å². The maximum absolute atomic E-state index is 4.07. The van der Waals surface area contributed by atoms with Crippen molar-refractivity contribution in [3.8, 4) is 0 Å². The molecule has 0 bridgehead atoms. The molecule has 0 spiro atoms. The Labute approximate surface area is 109 Å². The van der Waals surface area contributed by atoms with Crippen LogP contribution in [-0.4, -0.2) is 38.1 Å². The van der Waals surface area contributed by atoms with E-state index in [9.17, 15) is 0 Å². The molecule has 17 heavy (non-hydrogen) atoms. The topological polar surface area (TPSA) is 15.3 Å². The first-order chi connectivity index (χ1) is 8.20. The molecule has 0 aliphatic rings. The van der Waals surface area contributed by atoms with Crippen molar-refractivity contribution < 1.29 is 0 Å². The van der Waals surface area contributed by atoms with Crippen molar-refractivity contribution in [3.63, 3.8) is 0 Å². The van der Waals surface area contributed by atoms with Crippen LogP contribution in [0.5, 0.6) is 0 Å². The van der Waals surface area contributed by atoms with E-state index >= 15 is 0 Å². The lowest BCUT2D eigenvalue weighted by Gasteiger charge is -2.17. The molecule has 0 radical (unpaired) electrons. The number of nitrogens with one attached hydrogen (secondary N) is 1. The van der Waals surface area contributed by atoms with Crippen molar-refractivity contribution in [1.82, 2.24) is 10.2 Å². The summed E-state index contributed by atoms with van der Waals surface area (Å²) in [6.45, 7) is 18.3. The molecular weight excluding hydrogens is 208 g/mol. The van der Waals surface area contributed by atoms with Crippen LogP contribution in [0.15, 0.2) is 24.8 Å². The number of nitrogens with zero attached hydrogens (tertiary/aromatic N) is 1. The minimum Gasteiger partial charge on any atom is -0.316 e. The lowest BCUT2D eigenvalue weighted by molar-refractivity contribution is 0.335. The van der Waals surface area contributed by atoms with Crippen LogP contribution in [0.1, 0.15) is 40.0 Å². The Morgan fingerprint density at radius 3 is 2.41 bits per heavy atom. The first-order valence-electron chi connectivity index (χ1n) is 6.87. The third-order valence-electron chi connectivity index (χ3n) is 2.47. The van der Waals surface area contributed by atoms with Crippen molar-refractivity contribution in [2.75, 3.05) is 33.2 Å². The van der Waals surface area contributed by atoms with Crippen LogP contribution in [0.4, 0.5) is 0 Å². The predicted molar refractivity (Wildman–Crippen MR) is 80.6 cm³/mol. The van der Waals surface area contributed by atoms with Crippen molar-refractivity contribution >= 4 is 0 Å². The fourth-order valence-corrected chi connectivity index (χ4v) is 1.34. The normalized spacial score (nSPS) is 9.71. The fraction of sp³-hybridized carbons (Fsp3) is 0.733. The number of hydrogen-bond acceptors (Lipinski definition) is 2. The van der Waals surface area contributed by atoms with Gasteiger partial charge in [0.25, 0.3) is 0 Å². The van der Waals surface area contributed by atoms with E-state index in [2.05, 4.69) is 37.3 Å². The Kier molecular flexibility index (Phi) is 17.0. The molecule has 0 atom stereocenters. The van der Waals surface area contributed by atoms with Crippen LogP contribution in [0.2, 0.25) is 0 Å². The van der Waals surface area contributed by atoms with Gasteiger partial charge in [0.15, 0.2) is 0 Å². The molecule has 0 aromatic rings. The molecule has 0 aromatic heterocycles. The monoisotopic (exact) mass is 240 g/mol. The number of allylic oxidation sites excluding steroid dienone is 1. The lowest BCUT2D eigenvalue weighted by Crippen LogP contribution is -2.29. The zero-order chi connectivity index (χ0) is 13.5. The van der Waals surface area contributed by atoms with E-state index in [-0.39, 0.29) is 0 Å². The van der Waals surface area contributed by atoms with E-state index in [0.29, 0.717) is 0 Å². The van der Waals surface area contributed by atoms with Gasteiger partial charge in [-0.05, 0) is 32.9 Å². The number of rotatable bonds is 10. The summed E-state index contributed by atoms with van der Waals surface area (Å²) in [5.74, 6) is 0. The summed E-state index contributed by atoms with van der Waals surface area (Å²) in [7, 11) is 2.16. The first-order valence-corrected chi connectivity index (χ1v) is 6.87. The van der Waals surface area contributed by atoms with E-state index in [1.165, 1.54) is 5.57 Å². The molecule has 0 rings (SSSR count). The molecule has 0 aromatic carbocycles. The zero-order valence-corrected chi connectivity index (χ0v) is 12.4. The quantitative estimate of drug-likeness (QED) is 0.465. The van der Waals surface area contributed by atoms with Gasteiger partial charge in [-0.15, -0.1) is 6.58 Å². The highest BCUT2D eigenvalue weighted by atomic mass is 15.1. The highest BCUT2D eigenvalue weighted by Gasteiger charge is 1.99. The van der Waals surface area contributed by atoms with Crippen LogP contribution < -0.4 is 5.32 Å². The average molecular weight is 240 g/mol. The largest absolute Gasteiger partial charge is 0.316 e. The van der Waals surface area contributed by atoms with Gasteiger partial charge in [0, 0.05) is 19.6 Å². The van der Waals surface area contributed by atoms with Crippen molar-refractivity contribution in [2.45, 2.75) is 40.0 Å². The third-order valence-corrected chi connectivity index (χ3v) is 2.47. The molecule has 2 heteroatoms. The van der Waals surface area contributed by atoms with E-state index in [0.717, 1.165) is 45.4 Å². The second-order valence-corrected chi connectivity index (χ2v) is 3.98. The molecule has 0 aliphatic carbocycles.